The maximum atomic E-state index is 12.1. The Labute approximate surface area is 124 Å². The highest BCUT2D eigenvalue weighted by Gasteiger charge is 2.11. The van der Waals surface area contributed by atoms with Crippen LogP contribution in [0.15, 0.2) is 29.1 Å². The molecule has 0 aliphatic rings. The second kappa shape index (κ2) is 6.10. The average molecular weight is 287 g/mol. The number of aromatic nitrogens is 2. The summed E-state index contributed by atoms with van der Waals surface area (Å²) in [7, 11) is 0. The summed E-state index contributed by atoms with van der Waals surface area (Å²) in [5.74, 6) is -0.0743. The molecule has 1 aromatic heterocycles. The molecule has 1 heterocycles. The van der Waals surface area contributed by atoms with Crippen molar-refractivity contribution >= 4 is 0 Å². The van der Waals surface area contributed by atoms with E-state index in [1.165, 1.54) is 10.7 Å². The van der Waals surface area contributed by atoms with Gasteiger partial charge in [-0.15, -0.1) is 0 Å². The highest BCUT2D eigenvalue weighted by atomic mass is 16.3. The quantitative estimate of drug-likeness (QED) is 0.903. The molecule has 21 heavy (non-hydrogen) atoms. The van der Waals surface area contributed by atoms with Crippen LogP contribution in [0.5, 0.6) is 5.75 Å². The number of hydrogen-bond acceptors (Lipinski definition) is 4. The molecule has 0 saturated carbocycles. The van der Waals surface area contributed by atoms with Gasteiger partial charge in [-0.05, 0) is 31.0 Å². The molecule has 0 spiro atoms. The predicted octanol–water partition coefficient (Wildman–Crippen LogP) is 2.05. The minimum absolute atomic E-state index is 0.0743. The Bertz CT molecular complexity index is 705. The second-order valence-electron chi connectivity index (χ2n) is 5.55. The van der Waals surface area contributed by atoms with Gasteiger partial charge in [-0.1, -0.05) is 26.0 Å². The molecule has 0 bridgehead atoms. The van der Waals surface area contributed by atoms with Crippen molar-refractivity contribution in [2.24, 2.45) is 0 Å². The third kappa shape index (κ3) is 3.49. The molecule has 0 aliphatic heterocycles. The van der Waals surface area contributed by atoms with Gasteiger partial charge < -0.3 is 10.4 Å². The smallest absolute Gasteiger partial charge is 0.275 e. The first kappa shape index (κ1) is 15.3. The van der Waals surface area contributed by atoms with Gasteiger partial charge in [0.05, 0.1) is 5.69 Å². The van der Waals surface area contributed by atoms with Crippen molar-refractivity contribution in [2.75, 3.05) is 0 Å². The fraction of sp³-hybridized carbons (Fsp3) is 0.375. The molecule has 2 rings (SSSR count). The lowest BCUT2D eigenvalue weighted by Crippen LogP contribution is -2.27. The third-order valence-electron chi connectivity index (χ3n) is 3.26. The van der Waals surface area contributed by atoms with Crippen molar-refractivity contribution < 1.29 is 5.11 Å². The zero-order chi connectivity index (χ0) is 15.6. The van der Waals surface area contributed by atoms with E-state index in [0.29, 0.717) is 12.2 Å². The average Bonchev–Trinajstić information content (AvgIpc) is 2.41. The fourth-order valence-electron chi connectivity index (χ4n) is 2.03. The number of hydrogen-bond donors (Lipinski definition) is 2. The summed E-state index contributed by atoms with van der Waals surface area (Å²) in [5, 5.41) is 17.4. The Balaban J connectivity index is 2.51. The molecule has 0 saturated heterocycles. The summed E-state index contributed by atoms with van der Waals surface area (Å²) < 4.78 is 1.35. The molecule has 112 valence electrons. The molecule has 0 unspecified atom stereocenters. The van der Waals surface area contributed by atoms with Gasteiger partial charge in [-0.3, -0.25) is 4.79 Å². The number of aromatic hydroxyl groups is 1. The van der Waals surface area contributed by atoms with Gasteiger partial charge in [0.2, 0.25) is 0 Å². The van der Waals surface area contributed by atoms with Crippen LogP contribution in [0.1, 0.15) is 30.7 Å². The molecule has 2 aromatic rings. The monoisotopic (exact) mass is 287 g/mol. The van der Waals surface area contributed by atoms with Gasteiger partial charge in [0.15, 0.2) is 0 Å². The molecule has 0 atom stereocenters. The lowest BCUT2D eigenvalue weighted by atomic mass is 10.1. The molecule has 1 aromatic carbocycles. The van der Waals surface area contributed by atoms with Crippen LogP contribution in [-0.2, 0) is 6.54 Å². The van der Waals surface area contributed by atoms with E-state index in [4.69, 9.17) is 0 Å². The maximum absolute atomic E-state index is 12.1. The van der Waals surface area contributed by atoms with Gasteiger partial charge >= 0.3 is 0 Å². The molecule has 2 N–H and O–H groups in total. The lowest BCUT2D eigenvalue weighted by Gasteiger charge is -2.13. The predicted molar refractivity (Wildman–Crippen MR) is 82.9 cm³/mol. The molecular weight excluding hydrogens is 266 g/mol. The van der Waals surface area contributed by atoms with Gasteiger partial charge in [0, 0.05) is 18.7 Å². The fourth-order valence-corrected chi connectivity index (χ4v) is 2.03. The first-order valence-electron chi connectivity index (χ1n) is 7.01. The third-order valence-corrected chi connectivity index (χ3v) is 3.26. The molecule has 0 amide bonds. The van der Waals surface area contributed by atoms with Crippen LogP contribution in [-0.4, -0.2) is 20.9 Å². The Hall–Kier alpha value is -2.14. The minimum Gasteiger partial charge on any atom is -0.506 e. The highest BCUT2D eigenvalue weighted by Crippen LogP contribution is 2.16. The first-order valence-corrected chi connectivity index (χ1v) is 7.01. The zero-order valence-electron chi connectivity index (χ0n) is 12.8. The molecule has 0 radical (unpaired) electrons. The highest BCUT2D eigenvalue weighted by molar-refractivity contribution is 5.43. The van der Waals surface area contributed by atoms with Gasteiger partial charge in [0.1, 0.15) is 11.4 Å². The summed E-state index contributed by atoms with van der Waals surface area (Å²) >= 11 is 0. The molecular formula is C16H21N3O2. The topological polar surface area (TPSA) is 67.2 Å². The van der Waals surface area contributed by atoms with Crippen LogP contribution in [0.2, 0.25) is 0 Å². The Morgan fingerprint density at radius 1 is 1.29 bits per heavy atom. The minimum atomic E-state index is -0.338. The van der Waals surface area contributed by atoms with E-state index in [1.54, 1.807) is 0 Å². The largest absolute Gasteiger partial charge is 0.506 e. The van der Waals surface area contributed by atoms with E-state index in [2.05, 4.69) is 10.4 Å². The van der Waals surface area contributed by atoms with E-state index in [-0.39, 0.29) is 17.4 Å². The summed E-state index contributed by atoms with van der Waals surface area (Å²) in [6.45, 7) is 8.33. The van der Waals surface area contributed by atoms with Gasteiger partial charge in [0.25, 0.3) is 5.56 Å². The normalized spacial score (nSPS) is 11.1. The van der Waals surface area contributed by atoms with Crippen molar-refractivity contribution in [3.05, 3.63) is 51.4 Å². The summed E-state index contributed by atoms with van der Waals surface area (Å²) in [5.41, 5.74) is 2.88. The van der Waals surface area contributed by atoms with Crippen LogP contribution in [0.25, 0.3) is 5.69 Å². The van der Waals surface area contributed by atoms with Gasteiger partial charge in [-0.25, -0.2) is 0 Å². The van der Waals surface area contributed by atoms with Crippen molar-refractivity contribution in [1.82, 2.24) is 15.1 Å². The lowest BCUT2D eigenvalue weighted by molar-refractivity contribution is 0.447. The van der Waals surface area contributed by atoms with E-state index in [9.17, 15) is 9.90 Å². The number of rotatable bonds is 4. The number of nitrogens with one attached hydrogen (secondary N) is 1. The van der Waals surface area contributed by atoms with Crippen molar-refractivity contribution in [3.63, 3.8) is 0 Å². The Kier molecular flexibility index (Phi) is 4.43. The number of nitrogens with zero attached hydrogens (tertiary/aromatic N) is 2. The van der Waals surface area contributed by atoms with Gasteiger partial charge in [-0.2, -0.15) is 9.78 Å². The van der Waals surface area contributed by atoms with Crippen LogP contribution < -0.4 is 10.9 Å². The van der Waals surface area contributed by atoms with Crippen LogP contribution in [0, 0.1) is 13.8 Å². The first-order chi connectivity index (χ1) is 9.88. The molecule has 0 fully saturated rings. The van der Waals surface area contributed by atoms with Crippen LogP contribution in [0.4, 0.5) is 0 Å². The Morgan fingerprint density at radius 2 is 2.00 bits per heavy atom. The van der Waals surface area contributed by atoms with Crippen LogP contribution >= 0.6 is 0 Å². The molecule has 0 aliphatic carbocycles. The Morgan fingerprint density at radius 3 is 2.67 bits per heavy atom. The SMILES string of the molecule is Cc1ccc(C)c(-n2nc(CNC(C)C)c(O)cc2=O)c1. The van der Waals surface area contributed by atoms with E-state index >= 15 is 0 Å². The van der Waals surface area contributed by atoms with Crippen molar-refractivity contribution in [2.45, 2.75) is 40.3 Å². The number of aryl methyl sites for hydroxylation is 2. The summed E-state index contributed by atoms with van der Waals surface area (Å²) in [6, 6.07) is 7.35. The van der Waals surface area contributed by atoms with E-state index in [1.807, 2.05) is 45.9 Å². The molecule has 5 heteroatoms. The standard InChI is InChI=1S/C16H21N3O2/c1-10(2)17-9-13-15(20)8-16(21)19(18-13)14-7-11(3)5-6-12(14)4/h5-8,10,17,20H,9H2,1-4H3. The zero-order valence-corrected chi connectivity index (χ0v) is 12.8. The molecule has 5 nitrogen and oxygen atoms in total. The second-order valence-corrected chi connectivity index (χ2v) is 5.55. The van der Waals surface area contributed by atoms with Crippen molar-refractivity contribution in [3.8, 4) is 11.4 Å². The summed E-state index contributed by atoms with van der Waals surface area (Å²) in [4.78, 5) is 12.1. The van der Waals surface area contributed by atoms with E-state index < -0.39 is 0 Å². The number of benzene rings is 1. The van der Waals surface area contributed by atoms with E-state index in [0.717, 1.165) is 16.8 Å². The van der Waals surface area contributed by atoms with Crippen LogP contribution in [0.3, 0.4) is 0 Å². The maximum Gasteiger partial charge on any atom is 0.275 e. The van der Waals surface area contributed by atoms with Crippen molar-refractivity contribution in [1.29, 1.82) is 0 Å². The summed E-state index contributed by atoms with van der Waals surface area (Å²) in [6.07, 6.45) is 0.